The van der Waals surface area contributed by atoms with Gasteiger partial charge in [0.1, 0.15) is 5.75 Å². The molecule has 0 aliphatic carbocycles. The number of amides is 1. The van der Waals surface area contributed by atoms with Crippen LogP contribution in [0.4, 0.5) is 0 Å². The van der Waals surface area contributed by atoms with Gasteiger partial charge in [-0.3, -0.25) is 9.59 Å². The highest BCUT2D eigenvalue weighted by Crippen LogP contribution is 2.42. The number of carbonyl (C=O) groups excluding carboxylic acids is 2. The van der Waals surface area contributed by atoms with Gasteiger partial charge in [-0.1, -0.05) is 38.5 Å². The van der Waals surface area contributed by atoms with Crippen molar-refractivity contribution in [2.75, 3.05) is 6.54 Å². The molecule has 2 rings (SSSR count). The Hall–Kier alpha value is -2.30. The first kappa shape index (κ1) is 19.0. The van der Waals surface area contributed by atoms with Crippen molar-refractivity contribution in [3.8, 4) is 5.75 Å². The van der Waals surface area contributed by atoms with E-state index in [1.54, 1.807) is 11.8 Å². The van der Waals surface area contributed by atoms with Gasteiger partial charge in [0, 0.05) is 18.5 Å². The average Bonchev–Trinajstić information content (AvgIpc) is 2.83. The highest BCUT2D eigenvalue weighted by Gasteiger charge is 2.43. The standard InChI is InChI=1S/C20H27NO4/c1-5-7-12-21-18(17(15(22)6-2)19(23)20(21)24)14-10-8-9-11-16(14)25-13(3)4/h8-11,13,18,23H,5-7,12H2,1-4H3. The van der Waals surface area contributed by atoms with Crippen LogP contribution in [0.5, 0.6) is 5.75 Å². The topological polar surface area (TPSA) is 66.8 Å². The molecule has 1 heterocycles. The molecule has 1 N–H and O–H groups in total. The summed E-state index contributed by atoms with van der Waals surface area (Å²) < 4.78 is 5.89. The van der Waals surface area contributed by atoms with Crippen molar-refractivity contribution >= 4 is 11.7 Å². The van der Waals surface area contributed by atoms with Crippen molar-refractivity contribution in [3.05, 3.63) is 41.2 Å². The minimum Gasteiger partial charge on any atom is -0.503 e. The number of rotatable bonds is 8. The Balaban J connectivity index is 2.55. The predicted octanol–water partition coefficient (Wildman–Crippen LogP) is 3.95. The fourth-order valence-electron chi connectivity index (χ4n) is 3.08. The van der Waals surface area contributed by atoms with Crippen LogP contribution in [0.2, 0.25) is 0 Å². The number of hydrogen-bond acceptors (Lipinski definition) is 4. The quantitative estimate of drug-likeness (QED) is 0.775. The van der Waals surface area contributed by atoms with Crippen LogP contribution >= 0.6 is 0 Å². The Morgan fingerprint density at radius 2 is 1.96 bits per heavy atom. The van der Waals surface area contributed by atoms with Crippen LogP contribution in [0.25, 0.3) is 0 Å². The summed E-state index contributed by atoms with van der Waals surface area (Å²) in [5.74, 6) is -0.482. The van der Waals surface area contributed by atoms with Crippen molar-refractivity contribution in [2.45, 2.75) is 59.1 Å². The molecular weight excluding hydrogens is 318 g/mol. The summed E-state index contributed by atoms with van der Waals surface area (Å²) in [5.41, 5.74) is 0.921. The molecule has 1 aliphatic rings. The van der Waals surface area contributed by atoms with Gasteiger partial charge in [-0.25, -0.2) is 0 Å². The summed E-state index contributed by atoms with van der Waals surface area (Å²) in [6.45, 7) is 8.11. The minimum atomic E-state index is -0.596. The van der Waals surface area contributed by atoms with E-state index in [2.05, 4.69) is 0 Å². The van der Waals surface area contributed by atoms with Gasteiger partial charge in [0.05, 0.1) is 17.7 Å². The zero-order valence-corrected chi connectivity index (χ0v) is 15.4. The number of aliphatic hydroxyl groups is 1. The first-order valence-corrected chi connectivity index (χ1v) is 8.95. The molecule has 5 heteroatoms. The summed E-state index contributed by atoms with van der Waals surface area (Å²) in [6, 6.07) is 6.81. The third-order valence-electron chi connectivity index (χ3n) is 4.25. The smallest absolute Gasteiger partial charge is 0.290 e. The van der Waals surface area contributed by atoms with E-state index in [9.17, 15) is 14.7 Å². The lowest BCUT2D eigenvalue weighted by molar-refractivity contribution is -0.129. The lowest BCUT2D eigenvalue weighted by Crippen LogP contribution is -2.32. The van der Waals surface area contributed by atoms with Gasteiger partial charge in [0.15, 0.2) is 11.5 Å². The van der Waals surface area contributed by atoms with Crippen LogP contribution in [0, 0.1) is 0 Å². The van der Waals surface area contributed by atoms with Crippen LogP contribution in [0.1, 0.15) is 58.6 Å². The number of ketones is 1. The van der Waals surface area contributed by atoms with Gasteiger partial charge in [0.2, 0.25) is 0 Å². The van der Waals surface area contributed by atoms with Crippen LogP contribution in [0.3, 0.4) is 0 Å². The van der Waals surface area contributed by atoms with E-state index in [0.717, 1.165) is 18.4 Å². The summed E-state index contributed by atoms with van der Waals surface area (Å²) in [5, 5.41) is 10.4. The van der Waals surface area contributed by atoms with E-state index in [4.69, 9.17) is 4.74 Å². The Morgan fingerprint density at radius 3 is 2.56 bits per heavy atom. The largest absolute Gasteiger partial charge is 0.503 e. The van der Waals surface area contributed by atoms with Gasteiger partial charge >= 0.3 is 0 Å². The van der Waals surface area contributed by atoms with Gasteiger partial charge < -0.3 is 14.7 Å². The van der Waals surface area contributed by atoms with Crippen LogP contribution < -0.4 is 4.74 Å². The number of nitrogens with zero attached hydrogens (tertiary/aromatic N) is 1. The molecule has 136 valence electrons. The zero-order chi connectivity index (χ0) is 18.6. The highest BCUT2D eigenvalue weighted by atomic mass is 16.5. The van der Waals surface area contributed by atoms with Crippen LogP contribution in [-0.2, 0) is 9.59 Å². The van der Waals surface area contributed by atoms with Crippen molar-refractivity contribution in [1.82, 2.24) is 4.90 Å². The first-order chi connectivity index (χ1) is 11.9. The molecule has 0 bridgehead atoms. The van der Waals surface area contributed by atoms with E-state index < -0.39 is 17.7 Å². The summed E-state index contributed by atoms with van der Waals surface area (Å²) >= 11 is 0. The summed E-state index contributed by atoms with van der Waals surface area (Å²) in [7, 11) is 0. The lowest BCUT2D eigenvalue weighted by atomic mass is 9.94. The third-order valence-corrected chi connectivity index (χ3v) is 4.25. The maximum absolute atomic E-state index is 12.6. The minimum absolute atomic E-state index is 0.0368. The van der Waals surface area contributed by atoms with Crippen molar-refractivity contribution in [3.63, 3.8) is 0 Å². The summed E-state index contributed by atoms with van der Waals surface area (Å²) in [4.78, 5) is 26.6. The highest BCUT2D eigenvalue weighted by molar-refractivity contribution is 6.08. The second-order valence-corrected chi connectivity index (χ2v) is 6.50. The molecule has 0 radical (unpaired) electrons. The Kier molecular flexibility index (Phi) is 6.23. The molecule has 0 spiro atoms. The molecule has 1 aromatic carbocycles. The van der Waals surface area contributed by atoms with Gasteiger partial charge in [-0.15, -0.1) is 0 Å². The molecule has 5 nitrogen and oxygen atoms in total. The fourth-order valence-corrected chi connectivity index (χ4v) is 3.08. The molecular formula is C20H27NO4. The maximum Gasteiger partial charge on any atom is 0.290 e. The van der Waals surface area contributed by atoms with Crippen molar-refractivity contribution < 1.29 is 19.4 Å². The second kappa shape index (κ2) is 8.19. The molecule has 1 aromatic rings. The number of Topliss-reactive ketones (excluding diaryl/α,β-unsaturated/α-hetero) is 1. The Morgan fingerprint density at radius 1 is 1.28 bits per heavy atom. The van der Waals surface area contributed by atoms with E-state index >= 15 is 0 Å². The van der Waals surface area contributed by atoms with E-state index in [1.165, 1.54) is 0 Å². The number of para-hydroxylation sites is 1. The second-order valence-electron chi connectivity index (χ2n) is 6.50. The number of aliphatic hydroxyl groups excluding tert-OH is 1. The maximum atomic E-state index is 12.6. The Labute approximate surface area is 149 Å². The van der Waals surface area contributed by atoms with E-state index in [-0.39, 0.29) is 23.9 Å². The van der Waals surface area contributed by atoms with Gasteiger partial charge in [-0.05, 0) is 26.3 Å². The zero-order valence-electron chi connectivity index (χ0n) is 15.4. The molecule has 1 aliphatic heterocycles. The molecule has 0 saturated heterocycles. The van der Waals surface area contributed by atoms with Crippen LogP contribution in [0.15, 0.2) is 35.6 Å². The molecule has 25 heavy (non-hydrogen) atoms. The number of unbranched alkanes of at least 4 members (excludes halogenated alkanes) is 1. The normalized spacial score (nSPS) is 17.6. The molecule has 0 fully saturated rings. The monoisotopic (exact) mass is 345 g/mol. The average molecular weight is 345 g/mol. The molecule has 1 amide bonds. The number of benzene rings is 1. The number of ether oxygens (including phenoxy) is 1. The third kappa shape index (κ3) is 3.86. The van der Waals surface area contributed by atoms with E-state index in [1.807, 2.05) is 45.0 Å². The lowest BCUT2D eigenvalue weighted by Gasteiger charge is -2.28. The van der Waals surface area contributed by atoms with Gasteiger partial charge in [0.25, 0.3) is 5.91 Å². The predicted molar refractivity (Wildman–Crippen MR) is 96.5 cm³/mol. The SMILES string of the molecule is CCCCN1C(=O)C(O)=C(C(=O)CC)C1c1ccccc1OC(C)C. The molecule has 1 unspecified atom stereocenters. The van der Waals surface area contributed by atoms with Crippen LogP contribution in [-0.4, -0.2) is 34.3 Å². The van der Waals surface area contributed by atoms with Gasteiger partial charge in [-0.2, -0.15) is 0 Å². The molecule has 0 saturated carbocycles. The first-order valence-electron chi connectivity index (χ1n) is 8.95. The number of hydrogen-bond donors (Lipinski definition) is 1. The number of carbonyl (C=O) groups is 2. The van der Waals surface area contributed by atoms with Crippen molar-refractivity contribution in [2.24, 2.45) is 0 Å². The fraction of sp³-hybridized carbons (Fsp3) is 0.500. The molecule has 1 atom stereocenters. The van der Waals surface area contributed by atoms with E-state index in [0.29, 0.717) is 12.3 Å². The van der Waals surface area contributed by atoms with Crippen molar-refractivity contribution in [1.29, 1.82) is 0 Å². The Bertz CT molecular complexity index is 678. The summed E-state index contributed by atoms with van der Waals surface area (Å²) in [6.07, 6.45) is 1.91. The molecule has 0 aromatic heterocycles.